The van der Waals surface area contributed by atoms with Crippen molar-refractivity contribution in [2.24, 2.45) is 0 Å². The van der Waals surface area contributed by atoms with E-state index in [-0.39, 0.29) is 19.1 Å². The van der Waals surface area contributed by atoms with Gasteiger partial charge in [0.15, 0.2) is 6.29 Å². The Morgan fingerprint density at radius 3 is 2.00 bits per heavy atom. The van der Waals surface area contributed by atoms with Gasteiger partial charge in [-0.1, -0.05) is 60.7 Å². The van der Waals surface area contributed by atoms with E-state index in [1.54, 1.807) is 0 Å². The molecule has 0 aliphatic carbocycles. The molecule has 32 heavy (non-hydrogen) atoms. The maximum Gasteiger partial charge on any atom is 0.217 e. The molecule has 3 rings (SSSR count). The zero-order valence-corrected chi connectivity index (χ0v) is 18.3. The highest BCUT2D eigenvalue weighted by Gasteiger charge is 2.50. The third-order valence-corrected chi connectivity index (χ3v) is 5.33. The van der Waals surface area contributed by atoms with Crippen LogP contribution >= 0.6 is 0 Å². The van der Waals surface area contributed by atoms with Crippen molar-refractivity contribution < 1.29 is 34.0 Å². The fourth-order valence-electron chi connectivity index (χ4n) is 3.79. The van der Waals surface area contributed by atoms with Crippen LogP contribution in [0.3, 0.4) is 0 Å². The molecule has 1 aliphatic rings. The van der Waals surface area contributed by atoms with Crippen molar-refractivity contribution in [3.63, 3.8) is 0 Å². The minimum atomic E-state index is -1.23. The first kappa shape index (κ1) is 24.3. The molecule has 0 spiro atoms. The number of hydrogen-bond donors (Lipinski definition) is 3. The zero-order chi connectivity index (χ0) is 22.9. The molecule has 2 aromatic rings. The van der Waals surface area contributed by atoms with E-state index < -0.39 is 43.4 Å². The summed E-state index contributed by atoms with van der Waals surface area (Å²) in [5.41, 5.74) is 1.87. The largest absolute Gasteiger partial charge is 0.394 e. The molecule has 0 saturated carbocycles. The number of hydrogen-bond acceptors (Lipinski definition) is 7. The van der Waals surface area contributed by atoms with E-state index in [1.807, 2.05) is 60.7 Å². The first-order chi connectivity index (χ1) is 15.5. The third kappa shape index (κ3) is 6.35. The second-order valence-corrected chi connectivity index (χ2v) is 7.70. The summed E-state index contributed by atoms with van der Waals surface area (Å²) < 4.78 is 23.8. The summed E-state index contributed by atoms with van der Waals surface area (Å²) in [6.07, 6.45) is -4.56. The molecule has 174 valence electrons. The topological polar surface area (TPSA) is 106 Å². The Morgan fingerprint density at radius 2 is 1.53 bits per heavy atom. The van der Waals surface area contributed by atoms with Crippen molar-refractivity contribution in [1.29, 1.82) is 0 Å². The quantitative estimate of drug-likeness (QED) is 0.507. The lowest BCUT2D eigenvalue weighted by Crippen LogP contribution is -2.67. The fourth-order valence-corrected chi connectivity index (χ4v) is 3.79. The average Bonchev–Trinajstić information content (AvgIpc) is 2.82. The van der Waals surface area contributed by atoms with Crippen molar-refractivity contribution >= 4 is 5.91 Å². The van der Waals surface area contributed by atoms with Crippen LogP contribution in [0.2, 0.25) is 0 Å². The Morgan fingerprint density at radius 1 is 1.00 bits per heavy atom. The van der Waals surface area contributed by atoms with Crippen LogP contribution in [0.5, 0.6) is 0 Å². The smallest absolute Gasteiger partial charge is 0.217 e. The molecule has 2 aromatic carbocycles. The number of ether oxygens (including phenoxy) is 4. The molecule has 1 fully saturated rings. The molecule has 0 bridgehead atoms. The van der Waals surface area contributed by atoms with E-state index in [4.69, 9.17) is 18.9 Å². The molecule has 0 radical (unpaired) electrons. The Bertz CT molecular complexity index is 820. The van der Waals surface area contributed by atoms with E-state index in [2.05, 4.69) is 5.32 Å². The molecule has 6 atom stereocenters. The monoisotopic (exact) mass is 445 g/mol. The number of benzene rings is 2. The van der Waals surface area contributed by atoms with Crippen molar-refractivity contribution in [2.45, 2.75) is 56.9 Å². The molecule has 1 aliphatic heterocycles. The predicted molar refractivity (Wildman–Crippen MR) is 116 cm³/mol. The van der Waals surface area contributed by atoms with Gasteiger partial charge < -0.3 is 34.5 Å². The lowest BCUT2D eigenvalue weighted by Gasteiger charge is -2.47. The average molecular weight is 446 g/mol. The SMILES string of the molecule is CO[C@H]1O[C@H]([C@@H](O)CO)[C@@H](OCc2ccccc2)[C@H](OCc2ccccc2)[C@H]1NC(C)=O. The molecular formula is C24H31NO7. The van der Waals surface area contributed by atoms with Gasteiger partial charge in [-0.15, -0.1) is 0 Å². The summed E-state index contributed by atoms with van der Waals surface area (Å²) in [4.78, 5) is 11.9. The first-order valence-corrected chi connectivity index (χ1v) is 10.6. The summed E-state index contributed by atoms with van der Waals surface area (Å²) in [5, 5.41) is 22.9. The van der Waals surface area contributed by atoms with Crippen LogP contribution in [-0.4, -0.2) is 66.6 Å². The number of nitrogens with one attached hydrogen (secondary N) is 1. The van der Waals surface area contributed by atoms with Crippen molar-refractivity contribution in [3.8, 4) is 0 Å². The zero-order valence-electron chi connectivity index (χ0n) is 18.3. The highest BCUT2D eigenvalue weighted by atomic mass is 16.7. The Kier molecular flexibility index (Phi) is 9.16. The van der Waals surface area contributed by atoms with Crippen LogP contribution < -0.4 is 5.32 Å². The van der Waals surface area contributed by atoms with Gasteiger partial charge >= 0.3 is 0 Å². The van der Waals surface area contributed by atoms with Gasteiger partial charge in [0.1, 0.15) is 30.5 Å². The van der Waals surface area contributed by atoms with Crippen molar-refractivity contribution in [3.05, 3.63) is 71.8 Å². The highest BCUT2D eigenvalue weighted by molar-refractivity contribution is 5.73. The van der Waals surface area contributed by atoms with Crippen molar-refractivity contribution in [2.75, 3.05) is 13.7 Å². The molecule has 1 saturated heterocycles. The van der Waals surface area contributed by atoms with Gasteiger partial charge in [-0.3, -0.25) is 4.79 Å². The van der Waals surface area contributed by atoms with Gasteiger partial charge in [0.25, 0.3) is 0 Å². The van der Waals surface area contributed by atoms with Crippen LogP contribution in [0.15, 0.2) is 60.7 Å². The van der Waals surface area contributed by atoms with E-state index in [0.29, 0.717) is 0 Å². The lowest BCUT2D eigenvalue weighted by molar-refractivity contribution is -0.294. The van der Waals surface area contributed by atoms with E-state index in [1.165, 1.54) is 14.0 Å². The number of carbonyl (C=O) groups excluding carboxylic acids is 1. The van der Waals surface area contributed by atoms with E-state index in [0.717, 1.165) is 11.1 Å². The summed E-state index contributed by atoms with van der Waals surface area (Å²) in [5.74, 6) is -0.281. The van der Waals surface area contributed by atoms with E-state index >= 15 is 0 Å². The van der Waals surface area contributed by atoms with Crippen molar-refractivity contribution in [1.82, 2.24) is 5.32 Å². The van der Waals surface area contributed by atoms with Crippen LogP contribution in [0, 0.1) is 0 Å². The molecule has 0 unspecified atom stereocenters. The summed E-state index contributed by atoms with van der Waals surface area (Å²) in [6.45, 7) is 1.36. The van der Waals surface area contributed by atoms with E-state index in [9.17, 15) is 15.0 Å². The van der Waals surface area contributed by atoms with Crippen LogP contribution in [0.25, 0.3) is 0 Å². The van der Waals surface area contributed by atoms with Crippen LogP contribution in [0.4, 0.5) is 0 Å². The number of amides is 1. The summed E-state index contributed by atoms with van der Waals surface area (Å²) >= 11 is 0. The normalized spacial score (nSPS) is 26.4. The second kappa shape index (κ2) is 12.1. The van der Waals surface area contributed by atoms with Gasteiger partial charge in [0.2, 0.25) is 5.91 Å². The van der Waals surface area contributed by atoms with Gasteiger partial charge in [0, 0.05) is 14.0 Å². The third-order valence-electron chi connectivity index (χ3n) is 5.33. The Balaban J connectivity index is 1.89. The van der Waals surface area contributed by atoms with Gasteiger partial charge in [-0.25, -0.2) is 0 Å². The van der Waals surface area contributed by atoms with Gasteiger partial charge in [-0.2, -0.15) is 0 Å². The minimum absolute atomic E-state index is 0.235. The lowest BCUT2D eigenvalue weighted by atomic mass is 9.93. The number of carbonyl (C=O) groups is 1. The molecule has 1 amide bonds. The van der Waals surface area contributed by atoms with Gasteiger partial charge in [-0.05, 0) is 11.1 Å². The molecule has 0 aromatic heterocycles. The number of rotatable bonds is 10. The summed E-state index contributed by atoms with van der Waals surface area (Å²) in [7, 11) is 1.45. The van der Waals surface area contributed by atoms with Gasteiger partial charge in [0.05, 0.1) is 19.8 Å². The Hall–Kier alpha value is -2.33. The van der Waals surface area contributed by atoms with Crippen LogP contribution in [-0.2, 0) is 37.0 Å². The molecule has 8 nitrogen and oxygen atoms in total. The maximum absolute atomic E-state index is 11.9. The predicted octanol–water partition coefficient (Wildman–Crippen LogP) is 1.39. The molecule has 1 heterocycles. The highest BCUT2D eigenvalue weighted by Crippen LogP contribution is 2.30. The number of aliphatic hydroxyl groups excluding tert-OH is 2. The molecular weight excluding hydrogens is 414 g/mol. The molecule has 8 heteroatoms. The standard InChI is InChI=1S/C24H31NO7/c1-16(27)25-20-22(30-14-17-9-5-3-6-10-17)23(31-15-18-11-7-4-8-12-18)21(19(28)13-26)32-24(20)29-2/h3-12,19-24,26,28H,13-15H2,1-2H3,(H,25,27)/t19-,20+,21+,22+,23+,24-/m0/s1. The second-order valence-electron chi connectivity index (χ2n) is 7.70. The number of aliphatic hydroxyl groups is 2. The number of methoxy groups -OCH3 is 1. The minimum Gasteiger partial charge on any atom is -0.394 e. The summed E-state index contributed by atoms with van der Waals surface area (Å²) in [6, 6.07) is 18.5. The Labute approximate surface area is 188 Å². The maximum atomic E-state index is 11.9. The van der Waals surface area contributed by atoms with Crippen LogP contribution in [0.1, 0.15) is 18.1 Å². The molecule has 3 N–H and O–H groups in total. The fraction of sp³-hybridized carbons (Fsp3) is 0.458. The first-order valence-electron chi connectivity index (χ1n) is 10.6.